The summed E-state index contributed by atoms with van der Waals surface area (Å²) < 4.78 is 11.0. The molecule has 0 spiro atoms. The Labute approximate surface area is 185 Å². The van der Waals surface area contributed by atoms with E-state index >= 15 is 0 Å². The summed E-state index contributed by atoms with van der Waals surface area (Å²) in [6, 6.07) is 18.3. The van der Waals surface area contributed by atoms with Crippen LogP contribution < -0.4 is 19.7 Å². The first-order chi connectivity index (χ1) is 15.4. The van der Waals surface area contributed by atoms with Crippen LogP contribution in [0.25, 0.3) is 0 Å². The van der Waals surface area contributed by atoms with Crippen molar-refractivity contribution in [1.29, 1.82) is 0 Å². The third-order valence-corrected chi connectivity index (χ3v) is 4.96. The molecule has 0 saturated carbocycles. The molecule has 1 aliphatic heterocycles. The number of carbonyl (C=O) groups is 3. The molecule has 0 saturated heterocycles. The summed E-state index contributed by atoms with van der Waals surface area (Å²) in [5.41, 5.74) is 1.94. The second-order valence-corrected chi connectivity index (χ2v) is 7.52. The number of rotatable bonds is 6. The lowest BCUT2D eigenvalue weighted by Crippen LogP contribution is -2.29. The quantitative estimate of drug-likeness (QED) is 0.581. The number of benzene rings is 3. The lowest BCUT2D eigenvalue weighted by molar-refractivity contribution is 0.0923. The number of nitrogens with one attached hydrogen (secondary N) is 1. The molecule has 1 aliphatic rings. The van der Waals surface area contributed by atoms with Gasteiger partial charge >= 0.3 is 0 Å². The third-order valence-electron chi connectivity index (χ3n) is 4.96. The fourth-order valence-electron chi connectivity index (χ4n) is 3.51. The summed E-state index contributed by atoms with van der Waals surface area (Å²) in [7, 11) is 1.44. The first-order valence-electron chi connectivity index (χ1n) is 10.1. The molecule has 0 fully saturated rings. The molecule has 0 unspecified atom stereocenters. The van der Waals surface area contributed by atoms with Gasteiger partial charge in [0.2, 0.25) is 0 Å². The molecule has 32 heavy (non-hydrogen) atoms. The zero-order valence-corrected chi connectivity index (χ0v) is 17.9. The number of hydrogen-bond donors (Lipinski definition) is 1. The second kappa shape index (κ2) is 8.55. The highest BCUT2D eigenvalue weighted by Crippen LogP contribution is 2.36. The van der Waals surface area contributed by atoms with Crippen LogP contribution in [-0.4, -0.2) is 30.9 Å². The van der Waals surface area contributed by atoms with E-state index in [2.05, 4.69) is 5.32 Å². The Balaban J connectivity index is 1.55. The van der Waals surface area contributed by atoms with Crippen LogP contribution in [0.2, 0.25) is 0 Å². The van der Waals surface area contributed by atoms with Crippen molar-refractivity contribution in [2.75, 3.05) is 17.3 Å². The fourth-order valence-corrected chi connectivity index (χ4v) is 3.51. The number of methoxy groups -OCH3 is 1. The van der Waals surface area contributed by atoms with Crippen LogP contribution >= 0.6 is 0 Å². The van der Waals surface area contributed by atoms with E-state index in [0.717, 1.165) is 4.90 Å². The molecule has 7 nitrogen and oxygen atoms in total. The Morgan fingerprint density at radius 3 is 2.09 bits per heavy atom. The van der Waals surface area contributed by atoms with E-state index in [9.17, 15) is 14.4 Å². The van der Waals surface area contributed by atoms with Gasteiger partial charge < -0.3 is 14.8 Å². The minimum atomic E-state index is -0.413. The van der Waals surface area contributed by atoms with Gasteiger partial charge in [0.25, 0.3) is 17.7 Å². The molecule has 162 valence electrons. The van der Waals surface area contributed by atoms with Crippen molar-refractivity contribution < 1.29 is 23.9 Å². The molecule has 0 atom stereocenters. The minimum absolute atomic E-state index is 0.0443. The molecular formula is C25H22N2O5. The van der Waals surface area contributed by atoms with Gasteiger partial charge in [0.15, 0.2) is 0 Å². The highest BCUT2D eigenvalue weighted by atomic mass is 16.5. The van der Waals surface area contributed by atoms with Crippen molar-refractivity contribution in [3.63, 3.8) is 0 Å². The van der Waals surface area contributed by atoms with Crippen LogP contribution in [0.4, 0.5) is 11.4 Å². The Morgan fingerprint density at radius 1 is 0.906 bits per heavy atom. The van der Waals surface area contributed by atoms with Gasteiger partial charge in [-0.25, -0.2) is 4.90 Å². The van der Waals surface area contributed by atoms with Gasteiger partial charge in [0.1, 0.15) is 11.5 Å². The number of nitrogens with zero attached hydrogens (tertiary/aromatic N) is 1. The van der Waals surface area contributed by atoms with Crippen LogP contribution in [0, 0.1) is 0 Å². The molecule has 0 radical (unpaired) electrons. The Kier molecular flexibility index (Phi) is 5.64. The molecule has 0 bridgehead atoms. The molecule has 1 heterocycles. The van der Waals surface area contributed by atoms with Crippen LogP contribution in [0.3, 0.4) is 0 Å². The molecule has 3 amide bonds. The summed E-state index contributed by atoms with van der Waals surface area (Å²) in [5, 5.41) is 2.80. The standard InChI is InChI=1S/C25H22N2O5/c1-15(2)32-18-11-8-16(9-12-18)23(28)26-17-10-13-21(22(14-17)31-3)27-24(29)19-6-4-5-7-20(19)25(27)30/h4-15H,1-3H3,(H,26,28). The molecule has 7 heteroatoms. The lowest BCUT2D eigenvalue weighted by Gasteiger charge is -2.18. The van der Waals surface area contributed by atoms with Gasteiger partial charge in [-0.1, -0.05) is 12.1 Å². The number of carbonyl (C=O) groups excluding carboxylic acids is 3. The molecule has 0 aromatic heterocycles. The van der Waals surface area contributed by atoms with E-state index in [-0.39, 0.29) is 17.8 Å². The van der Waals surface area contributed by atoms with Gasteiger partial charge in [-0.3, -0.25) is 14.4 Å². The van der Waals surface area contributed by atoms with E-state index in [1.54, 1.807) is 66.7 Å². The molecule has 0 aliphatic carbocycles. The van der Waals surface area contributed by atoms with Crippen LogP contribution in [0.15, 0.2) is 66.7 Å². The SMILES string of the molecule is COc1cc(NC(=O)c2ccc(OC(C)C)cc2)ccc1N1C(=O)c2ccccc2C1=O. The van der Waals surface area contributed by atoms with Gasteiger partial charge in [-0.05, 0) is 62.4 Å². The summed E-state index contributed by atoms with van der Waals surface area (Å²) >= 11 is 0. The van der Waals surface area contributed by atoms with Crippen LogP contribution in [0.1, 0.15) is 44.9 Å². The first-order valence-corrected chi connectivity index (χ1v) is 10.1. The molecule has 3 aromatic rings. The number of amides is 3. The van der Waals surface area contributed by atoms with E-state index in [0.29, 0.717) is 33.8 Å². The van der Waals surface area contributed by atoms with Gasteiger partial charge in [0, 0.05) is 17.3 Å². The van der Waals surface area contributed by atoms with Crippen LogP contribution in [-0.2, 0) is 0 Å². The normalized spacial score (nSPS) is 12.7. The smallest absolute Gasteiger partial charge is 0.266 e. The summed E-state index contributed by atoms with van der Waals surface area (Å²) in [6.45, 7) is 3.86. The predicted octanol–water partition coefficient (Wildman–Crippen LogP) is 4.54. The molecular weight excluding hydrogens is 408 g/mol. The maximum absolute atomic E-state index is 12.8. The first kappa shape index (κ1) is 21.1. The van der Waals surface area contributed by atoms with Crippen molar-refractivity contribution in [2.45, 2.75) is 20.0 Å². The fraction of sp³-hybridized carbons (Fsp3) is 0.160. The number of ether oxygens (including phenoxy) is 2. The number of anilines is 2. The summed E-state index contributed by atoms with van der Waals surface area (Å²) in [4.78, 5) is 39.3. The molecule has 4 rings (SSSR count). The summed E-state index contributed by atoms with van der Waals surface area (Å²) in [5.74, 6) is -0.160. The van der Waals surface area contributed by atoms with Crippen LogP contribution in [0.5, 0.6) is 11.5 Å². The average molecular weight is 430 g/mol. The highest BCUT2D eigenvalue weighted by Gasteiger charge is 2.37. The zero-order chi connectivity index (χ0) is 22.8. The van der Waals surface area contributed by atoms with E-state index in [1.165, 1.54) is 7.11 Å². The largest absolute Gasteiger partial charge is 0.494 e. The van der Waals surface area contributed by atoms with Gasteiger partial charge in [0.05, 0.1) is 30.0 Å². The number of fused-ring (bicyclic) bond motifs is 1. The highest BCUT2D eigenvalue weighted by molar-refractivity contribution is 6.34. The van der Waals surface area contributed by atoms with Crippen molar-refractivity contribution in [1.82, 2.24) is 0 Å². The lowest BCUT2D eigenvalue weighted by atomic mass is 10.1. The van der Waals surface area contributed by atoms with Crippen molar-refractivity contribution in [3.8, 4) is 11.5 Å². The number of hydrogen-bond acceptors (Lipinski definition) is 5. The molecule has 3 aromatic carbocycles. The second-order valence-electron chi connectivity index (χ2n) is 7.52. The minimum Gasteiger partial charge on any atom is -0.494 e. The maximum Gasteiger partial charge on any atom is 0.266 e. The Bertz CT molecular complexity index is 1170. The van der Waals surface area contributed by atoms with Crippen molar-refractivity contribution >= 4 is 29.1 Å². The zero-order valence-electron chi connectivity index (χ0n) is 17.9. The number of imide groups is 1. The predicted molar refractivity (Wildman–Crippen MR) is 121 cm³/mol. The van der Waals surface area contributed by atoms with Crippen molar-refractivity contribution in [2.24, 2.45) is 0 Å². The van der Waals surface area contributed by atoms with E-state index < -0.39 is 11.8 Å². The van der Waals surface area contributed by atoms with Gasteiger partial charge in [-0.2, -0.15) is 0 Å². The average Bonchev–Trinajstić information content (AvgIpc) is 3.04. The summed E-state index contributed by atoms with van der Waals surface area (Å²) in [6.07, 6.45) is 0.0443. The Hall–Kier alpha value is -4.13. The topological polar surface area (TPSA) is 84.9 Å². The van der Waals surface area contributed by atoms with Gasteiger partial charge in [-0.15, -0.1) is 0 Å². The van der Waals surface area contributed by atoms with E-state index in [4.69, 9.17) is 9.47 Å². The monoisotopic (exact) mass is 430 g/mol. The van der Waals surface area contributed by atoms with Crippen molar-refractivity contribution in [3.05, 3.63) is 83.4 Å². The maximum atomic E-state index is 12.8. The Morgan fingerprint density at radius 2 is 1.53 bits per heavy atom. The molecule has 1 N–H and O–H groups in total. The van der Waals surface area contributed by atoms with E-state index in [1.807, 2.05) is 13.8 Å². The third kappa shape index (κ3) is 3.92.